The van der Waals surface area contributed by atoms with Crippen molar-refractivity contribution in [3.8, 4) is 52.6 Å². The van der Waals surface area contributed by atoms with Gasteiger partial charge in [0.2, 0.25) is 5.70 Å². The molecule has 0 fully saturated rings. The maximum Gasteiger partial charge on any atom is 0.205 e. The first-order valence-electron chi connectivity index (χ1n) is 20.2. The molecule has 3 aliphatic rings. The Morgan fingerprint density at radius 2 is 1.12 bits per heavy atom. The highest BCUT2D eigenvalue weighted by atomic mass is 14.9. The van der Waals surface area contributed by atoms with E-state index in [4.69, 9.17) is 24.7 Å². The van der Waals surface area contributed by atoms with Gasteiger partial charge < -0.3 is 5.32 Å². The molecular formula is C56H26N10. The number of fused-ring (bicyclic) bond motifs is 2. The lowest BCUT2D eigenvalue weighted by atomic mass is 9.77. The maximum absolute atomic E-state index is 11.6. The summed E-state index contributed by atoms with van der Waals surface area (Å²) in [5.41, 5.74) is 7.77. The Balaban J connectivity index is 1.63. The van der Waals surface area contributed by atoms with Crippen LogP contribution in [0.5, 0.6) is 0 Å². The van der Waals surface area contributed by atoms with E-state index in [-0.39, 0.29) is 56.0 Å². The van der Waals surface area contributed by atoms with Crippen LogP contribution in [0, 0.1) is 76.4 Å². The minimum atomic E-state index is 0.0442. The van der Waals surface area contributed by atoms with Crippen molar-refractivity contribution in [2.24, 2.45) is 0 Å². The molecule has 0 amide bonds. The van der Waals surface area contributed by atoms with Gasteiger partial charge in [0.1, 0.15) is 18.2 Å². The fourth-order valence-corrected chi connectivity index (χ4v) is 8.95. The monoisotopic (exact) mass is 838 g/mol. The van der Waals surface area contributed by atoms with E-state index in [0.717, 1.165) is 0 Å². The van der Waals surface area contributed by atoms with Crippen molar-refractivity contribution >= 4 is 50.5 Å². The number of nitrogens with zero attached hydrogens (tertiary/aromatic N) is 9. The third-order valence-electron chi connectivity index (χ3n) is 11.5. The van der Waals surface area contributed by atoms with Crippen molar-refractivity contribution in [3.63, 3.8) is 0 Å². The second-order valence-electron chi connectivity index (χ2n) is 15.0. The lowest BCUT2D eigenvalue weighted by molar-refractivity contribution is 0.912. The van der Waals surface area contributed by atoms with Crippen LogP contribution in [0.2, 0.25) is 0 Å². The minimum Gasteiger partial charge on any atom is -0.382 e. The molecule has 66 heavy (non-hydrogen) atoms. The van der Waals surface area contributed by atoms with Crippen molar-refractivity contribution in [2.45, 2.75) is 0 Å². The summed E-state index contributed by atoms with van der Waals surface area (Å²) < 4.78 is 0. The molecule has 2 aliphatic carbocycles. The fraction of sp³-hybridized carbons (Fsp3) is 0.0179. The highest BCUT2D eigenvalue weighted by Crippen LogP contribution is 2.63. The number of nitrogens with one attached hydrogen (secondary N) is 1. The van der Waals surface area contributed by atoms with Gasteiger partial charge >= 0.3 is 0 Å². The molecule has 0 saturated carbocycles. The minimum absolute atomic E-state index is 0.0442. The molecule has 10 nitrogen and oxygen atoms in total. The standard InChI is InChI=1S/C56H26N10/c1-62-39-25-38(26-40(27-39)63-2)42(31-60)50-52(45-19-11-13-21-66-45)56(64-3)55-46(35-14-6-4-7-15-35)51-43(32-61)48(44-18-10-12-20-65-44)49(53(51)47(54(50)55)36-16-8-5-9-17-36)41(30-59)37-23-33(28-57)22-34(24-37)29-58/h4-20,22-27,66H,21H2/b49-41+,50-42+. The molecule has 9 rings (SSSR count). The topological polar surface area (TPSA) is 157 Å². The van der Waals surface area contributed by atoms with Gasteiger partial charge in [-0.2, -0.15) is 26.3 Å². The molecule has 300 valence electrons. The first-order chi connectivity index (χ1) is 32.4. The number of pyridine rings is 1. The van der Waals surface area contributed by atoms with Gasteiger partial charge in [0.25, 0.3) is 0 Å². The Hall–Kier alpha value is -10.6. The molecule has 0 unspecified atom stereocenters. The van der Waals surface area contributed by atoms with Crippen molar-refractivity contribution < 1.29 is 0 Å². The number of aromatic nitrogens is 1. The molecule has 6 aromatic rings. The highest BCUT2D eigenvalue weighted by Gasteiger charge is 2.44. The normalized spacial score (nSPS) is 14.6. The van der Waals surface area contributed by atoms with E-state index in [0.29, 0.717) is 84.7 Å². The summed E-state index contributed by atoms with van der Waals surface area (Å²) in [6, 6.07) is 44.5. The average molecular weight is 839 g/mol. The molecule has 1 N–H and O–H groups in total. The summed E-state index contributed by atoms with van der Waals surface area (Å²) >= 11 is 0. The van der Waals surface area contributed by atoms with E-state index in [1.807, 2.05) is 78.9 Å². The summed E-state index contributed by atoms with van der Waals surface area (Å²) in [7, 11) is 0. The second-order valence-corrected chi connectivity index (χ2v) is 15.0. The number of nitriles is 5. The lowest BCUT2D eigenvalue weighted by Gasteiger charge is -2.25. The molecular weight excluding hydrogens is 813 g/mol. The van der Waals surface area contributed by atoms with Crippen LogP contribution in [0.1, 0.15) is 50.2 Å². The lowest BCUT2D eigenvalue weighted by Crippen LogP contribution is -2.17. The van der Waals surface area contributed by atoms with Gasteiger partial charge in [0.05, 0.1) is 65.4 Å². The zero-order valence-corrected chi connectivity index (χ0v) is 34.5. The van der Waals surface area contributed by atoms with Crippen molar-refractivity contribution in [2.75, 3.05) is 6.54 Å². The molecule has 0 bridgehead atoms. The predicted molar refractivity (Wildman–Crippen MR) is 252 cm³/mol. The number of hydrogen-bond donors (Lipinski definition) is 1. The van der Waals surface area contributed by atoms with E-state index in [1.54, 1.807) is 36.5 Å². The third kappa shape index (κ3) is 6.57. The van der Waals surface area contributed by atoms with Crippen LogP contribution in [-0.2, 0) is 0 Å². The highest BCUT2D eigenvalue weighted by molar-refractivity contribution is 6.35. The van der Waals surface area contributed by atoms with Crippen LogP contribution in [-0.4, -0.2) is 11.5 Å². The van der Waals surface area contributed by atoms with Crippen molar-refractivity contribution in [1.29, 1.82) is 26.3 Å². The van der Waals surface area contributed by atoms with Crippen LogP contribution in [0.4, 0.5) is 11.4 Å². The van der Waals surface area contributed by atoms with Crippen LogP contribution in [0.3, 0.4) is 0 Å². The fourth-order valence-electron chi connectivity index (χ4n) is 8.95. The van der Waals surface area contributed by atoms with Crippen LogP contribution in [0.15, 0.2) is 151 Å². The summed E-state index contributed by atoms with van der Waals surface area (Å²) in [6.07, 6.45) is 7.20. The smallest absolute Gasteiger partial charge is 0.205 e. The van der Waals surface area contributed by atoms with E-state index in [2.05, 4.69) is 50.2 Å². The maximum atomic E-state index is 11.6. The van der Waals surface area contributed by atoms with Gasteiger partial charge in [-0.25, -0.2) is 14.5 Å². The summed E-state index contributed by atoms with van der Waals surface area (Å²) in [5, 5.41) is 58.4. The van der Waals surface area contributed by atoms with Gasteiger partial charge in [-0.15, -0.1) is 0 Å². The number of dihydropyridines is 1. The second kappa shape index (κ2) is 17.1. The zero-order valence-electron chi connectivity index (χ0n) is 34.5. The number of benzene rings is 5. The first kappa shape index (κ1) is 40.8. The molecule has 10 heteroatoms. The quantitative estimate of drug-likeness (QED) is 0.129. The Labute approximate surface area is 380 Å². The average Bonchev–Trinajstić information content (AvgIpc) is 3.89. The Morgan fingerprint density at radius 1 is 0.561 bits per heavy atom. The summed E-state index contributed by atoms with van der Waals surface area (Å²) in [6.45, 7) is 25.3. The Morgan fingerprint density at radius 3 is 1.62 bits per heavy atom. The molecule has 0 atom stereocenters. The molecule has 0 radical (unpaired) electrons. The predicted octanol–water partition coefficient (Wildman–Crippen LogP) is 12.3. The molecule has 1 aliphatic heterocycles. The van der Waals surface area contributed by atoms with Crippen LogP contribution in [0.25, 0.3) is 75.9 Å². The van der Waals surface area contributed by atoms with Gasteiger partial charge in [0.15, 0.2) is 11.4 Å². The Bertz CT molecular complexity index is 3630. The molecule has 2 heterocycles. The SMILES string of the molecule is [C-]#[N+]C1=C(C2=CC=CCN2)/C(=C(/C#N)c2cc([N+]#[C-])cc([N+]#[C-])c2)c2c1c(-c1ccccc1)c1c(c2-c2ccccc2)/C(=C(\C#N)c2cc(C#N)cc(C#N)c2)C(c2ccccn2)=C1C#N. The van der Waals surface area contributed by atoms with E-state index in [1.165, 1.54) is 24.3 Å². The van der Waals surface area contributed by atoms with Gasteiger partial charge in [0, 0.05) is 46.3 Å². The third-order valence-corrected chi connectivity index (χ3v) is 11.5. The number of hydrogen-bond acceptors (Lipinski definition) is 7. The Kier molecular flexibility index (Phi) is 10.5. The molecule has 0 saturated heterocycles. The molecule has 5 aromatic carbocycles. The summed E-state index contributed by atoms with van der Waals surface area (Å²) in [5.74, 6) is 0. The number of allylic oxidation sites excluding steroid dienone is 8. The van der Waals surface area contributed by atoms with Crippen LogP contribution < -0.4 is 5.32 Å². The van der Waals surface area contributed by atoms with Crippen LogP contribution >= 0.6 is 0 Å². The zero-order chi connectivity index (χ0) is 45.9. The molecule has 0 spiro atoms. The van der Waals surface area contributed by atoms with E-state index < -0.39 is 0 Å². The van der Waals surface area contributed by atoms with Gasteiger partial charge in [-0.05, 0) is 86.5 Å². The van der Waals surface area contributed by atoms with Gasteiger partial charge in [-0.3, -0.25) is 4.98 Å². The van der Waals surface area contributed by atoms with Crippen molar-refractivity contribution in [1.82, 2.24) is 10.3 Å². The number of rotatable bonds is 6. The van der Waals surface area contributed by atoms with E-state index >= 15 is 0 Å². The van der Waals surface area contributed by atoms with Crippen molar-refractivity contribution in [3.05, 3.63) is 235 Å². The first-order valence-corrected chi connectivity index (χ1v) is 20.2. The largest absolute Gasteiger partial charge is 0.382 e. The van der Waals surface area contributed by atoms with Gasteiger partial charge in [-0.1, -0.05) is 97.1 Å². The van der Waals surface area contributed by atoms with E-state index in [9.17, 15) is 26.3 Å². The molecule has 1 aromatic heterocycles. The summed E-state index contributed by atoms with van der Waals surface area (Å²) in [4.78, 5) is 16.3.